The number of hydrogen-bond donors (Lipinski definition) is 14. The highest BCUT2D eigenvalue weighted by atomic mass is 33.1. The third-order valence-electron chi connectivity index (χ3n) is 14.7. The average Bonchev–Trinajstić information content (AvgIpc) is 0.970. The SMILES string of the molecule is Nc1ccn([C@@H]2OC(COP(=O)(O)O[C@@]3(C(=O)O)C[C@H](O)C(NC(=O)CNC(=O)CCCC(=O)NCCSSNC(=O)COCC(=O)N4CCN(C(=O)c5ccccc5-c5c6ccc(=O)cc-6oc6cc(O)ccc56)CC4)[C@H]([C@H](O)[C@H](O)CO)O3)[C@@H](O)[C@H]2O)c(=O)n1. The number of carbonyl (C=O) groups excluding carboxylic acids is 6. The Hall–Kier alpha value is -7.65. The minimum absolute atomic E-state index is 0.0200. The van der Waals surface area contributed by atoms with Crippen molar-refractivity contribution in [1.29, 1.82) is 0 Å². The monoisotopic (exact) mass is 1350 g/mol. The Morgan fingerprint density at radius 3 is 2.30 bits per heavy atom. The smallest absolute Gasteiger partial charge is 0.475 e. The van der Waals surface area contributed by atoms with Crippen LogP contribution < -0.4 is 37.5 Å². The van der Waals surface area contributed by atoms with Gasteiger partial charge in [-0.3, -0.25) is 47.4 Å². The number of nitrogens with zero attached hydrogens (tertiary/aromatic N) is 4. The van der Waals surface area contributed by atoms with Crippen LogP contribution in [0.25, 0.3) is 33.4 Å². The summed E-state index contributed by atoms with van der Waals surface area (Å²) < 4.78 is 48.4. The van der Waals surface area contributed by atoms with Gasteiger partial charge in [0.15, 0.2) is 11.7 Å². The van der Waals surface area contributed by atoms with Gasteiger partial charge in [0.2, 0.25) is 23.6 Å². The van der Waals surface area contributed by atoms with Gasteiger partial charge in [-0.2, -0.15) is 4.98 Å². The molecule has 2 aromatic carbocycles. The number of hydrogen-bond acceptors (Lipinski definition) is 27. The molecule has 0 saturated carbocycles. The van der Waals surface area contributed by atoms with E-state index in [2.05, 4.69) is 25.7 Å². The fraction of sp³-hybridized carbons (Fsp3) is 0.455. The molecule has 37 heteroatoms. The number of carboxylic acids is 1. The predicted octanol–water partition coefficient (Wildman–Crippen LogP) is -2.89. The number of anilines is 1. The highest BCUT2D eigenvalue weighted by Crippen LogP contribution is 2.52. The van der Waals surface area contributed by atoms with E-state index in [1.807, 2.05) is 0 Å². The number of fused-ring (bicyclic) bond motifs is 2. The molecule has 3 fully saturated rings. The van der Waals surface area contributed by atoms with Crippen LogP contribution in [-0.2, 0) is 56.6 Å². The van der Waals surface area contributed by atoms with E-state index in [0.29, 0.717) is 39.0 Å². The van der Waals surface area contributed by atoms with Crippen molar-refractivity contribution in [3.63, 3.8) is 0 Å². The molecule has 3 unspecified atom stereocenters. The van der Waals surface area contributed by atoms with Crippen molar-refractivity contribution in [1.82, 2.24) is 40.0 Å². The van der Waals surface area contributed by atoms with E-state index in [-0.39, 0.29) is 86.6 Å². The second-order valence-corrected chi connectivity index (χ2v) is 24.7. The number of phosphoric ester groups is 1. The molecule has 34 nitrogen and oxygen atoms in total. The van der Waals surface area contributed by atoms with E-state index in [1.54, 1.807) is 41.3 Å². The van der Waals surface area contributed by atoms with E-state index in [9.17, 15) is 93.5 Å². The number of amides is 6. The van der Waals surface area contributed by atoms with Crippen molar-refractivity contribution in [2.75, 3.05) is 77.2 Å². The number of aliphatic hydroxyl groups excluding tert-OH is 6. The van der Waals surface area contributed by atoms with E-state index in [1.165, 1.54) is 46.0 Å². The molecular formula is C55H66N9O25PS2. The highest BCUT2D eigenvalue weighted by Gasteiger charge is 2.59. The van der Waals surface area contributed by atoms with Gasteiger partial charge in [0, 0.05) is 109 Å². The van der Waals surface area contributed by atoms with Crippen molar-refractivity contribution < 1.29 is 112 Å². The zero-order valence-corrected chi connectivity index (χ0v) is 50.9. The summed E-state index contributed by atoms with van der Waals surface area (Å²) in [6, 6.07) is 15.3. The fourth-order valence-electron chi connectivity index (χ4n) is 10.2. The standard InChI is InChI=1S/C55H66N9O25PS2/c56-39-12-14-64(54(81)59-39)52-49(77)48(76)38(87-52)25-85-90(82,83)89-55(53(79)80)22-34(68)46(50(88-55)47(75)35(69)24-65)60-42(72)23-58-41(71)7-3-6-40(70)57-13-19-91-92-61-43(73)26-84-27-44(74)62-15-17-63(18-16-62)51(78)31-5-2-1-4-30(31)45-32-10-8-28(66)20-36(32)86-37-21-29(67)9-11-33(37)45/h1-2,4-5,8-12,14,20-21,34-35,38,46-50,52,65-66,68-69,75-77H,3,6-7,13,15-19,22-27H2,(H,57,70)(H,58,71)(H,60,72)(H,61,73)(H,79,80)(H,82,83)(H2,56,59,81)/t34-,35+,38?,46?,47+,48+,49+,50+,52+,55+/m0/s1. The zero-order valence-electron chi connectivity index (χ0n) is 48.4. The summed E-state index contributed by atoms with van der Waals surface area (Å²) in [5.41, 5.74) is 6.73. The Labute approximate surface area is 528 Å². The number of phenols is 1. The molecule has 5 aliphatic rings. The topological polar surface area (TPSA) is 511 Å². The minimum atomic E-state index is -5.71. The van der Waals surface area contributed by atoms with Crippen LogP contribution in [0.2, 0.25) is 0 Å². The molecule has 8 rings (SSSR count). The van der Waals surface area contributed by atoms with E-state index in [4.69, 9.17) is 33.4 Å². The summed E-state index contributed by atoms with van der Waals surface area (Å²) in [7, 11) is -3.56. The highest BCUT2D eigenvalue weighted by molar-refractivity contribution is 8.76. The maximum atomic E-state index is 14.1. The van der Waals surface area contributed by atoms with Crippen LogP contribution in [0.4, 0.5) is 5.82 Å². The van der Waals surface area contributed by atoms with Crippen molar-refractivity contribution in [3.8, 4) is 28.2 Å². The van der Waals surface area contributed by atoms with Gasteiger partial charge in [-0.25, -0.2) is 18.7 Å². The number of phosphoric acid groups is 1. The maximum Gasteiger partial charge on any atom is 0.475 e. The molecule has 1 aromatic heterocycles. The Bertz CT molecular complexity index is 3650. The molecule has 3 aromatic rings. The molecule has 6 amide bonds. The molecule has 0 spiro atoms. The van der Waals surface area contributed by atoms with Crippen LogP contribution in [0.15, 0.2) is 86.9 Å². The Morgan fingerprint density at radius 2 is 1.59 bits per heavy atom. The van der Waals surface area contributed by atoms with Crippen LogP contribution in [0.3, 0.4) is 0 Å². The number of aliphatic hydroxyl groups is 6. The van der Waals surface area contributed by atoms with Crippen LogP contribution in [0.1, 0.15) is 42.3 Å². The first-order chi connectivity index (χ1) is 43.8. The molecule has 4 aliphatic heterocycles. The number of aromatic hydroxyl groups is 1. The number of carboxylic acid groups (broad SMARTS) is 1. The van der Waals surface area contributed by atoms with Crippen LogP contribution >= 0.6 is 29.6 Å². The molecule has 1 aliphatic carbocycles. The Balaban J connectivity index is 0.690. The zero-order chi connectivity index (χ0) is 66.6. The number of nitrogens with one attached hydrogen (secondary N) is 4. The van der Waals surface area contributed by atoms with Gasteiger partial charge in [-0.1, -0.05) is 29.0 Å². The second kappa shape index (κ2) is 31.3. The first kappa shape index (κ1) is 70.2. The molecule has 92 heavy (non-hydrogen) atoms. The van der Waals surface area contributed by atoms with Crippen molar-refractivity contribution >= 4 is 87.8 Å². The van der Waals surface area contributed by atoms with Gasteiger partial charge < -0.3 is 95.9 Å². The number of rotatable bonds is 28. The van der Waals surface area contributed by atoms with Gasteiger partial charge >= 0.3 is 19.5 Å². The largest absolute Gasteiger partial charge is 0.508 e. The first-order valence-electron chi connectivity index (χ1n) is 28.2. The molecule has 0 radical (unpaired) electrons. The number of aromatic nitrogens is 2. The van der Waals surface area contributed by atoms with Crippen molar-refractivity contribution in [2.24, 2.45) is 0 Å². The molecule has 5 heterocycles. The molecule has 11 atom stereocenters. The summed E-state index contributed by atoms with van der Waals surface area (Å²) >= 11 is 0. The third-order valence-corrected chi connectivity index (χ3v) is 17.6. The second-order valence-electron chi connectivity index (χ2n) is 21.1. The first-order valence-corrected chi connectivity index (χ1v) is 32.0. The number of nitrogen functional groups attached to an aromatic ring is 1. The lowest BCUT2D eigenvalue weighted by Gasteiger charge is -2.46. The average molecular weight is 1350 g/mol. The van der Waals surface area contributed by atoms with Crippen molar-refractivity contribution in [3.05, 3.63) is 99.2 Å². The molecule has 15 N–H and O–H groups in total. The summed E-state index contributed by atoms with van der Waals surface area (Å²) in [5.74, 6) is -8.60. The lowest BCUT2D eigenvalue weighted by atomic mass is 9.88. The van der Waals surface area contributed by atoms with Crippen LogP contribution in [-0.4, -0.2) is 233 Å². The van der Waals surface area contributed by atoms with Gasteiger partial charge in [-0.15, -0.1) is 0 Å². The molecule has 0 bridgehead atoms. The predicted molar refractivity (Wildman–Crippen MR) is 320 cm³/mol. The molecule has 498 valence electrons. The quantitative estimate of drug-likeness (QED) is 0.00786. The third kappa shape index (κ3) is 17.5. The summed E-state index contributed by atoms with van der Waals surface area (Å²) in [6.07, 6.45) is -16.4. The fourth-order valence-corrected chi connectivity index (χ4v) is 12.5. The van der Waals surface area contributed by atoms with E-state index < -0.39 is 143 Å². The minimum Gasteiger partial charge on any atom is -0.508 e. The Morgan fingerprint density at radius 1 is 0.870 bits per heavy atom. The van der Waals surface area contributed by atoms with Gasteiger partial charge in [0.25, 0.3) is 17.6 Å². The summed E-state index contributed by atoms with van der Waals surface area (Å²) in [4.78, 5) is 132. The lowest BCUT2D eigenvalue weighted by molar-refractivity contribution is -0.289. The number of ether oxygens (including phenoxy) is 3. The molecule has 3 saturated heterocycles. The lowest BCUT2D eigenvalue weighted by Crippen LogP contribution is -2.68. The van der Waals surface area contributed by atoms with Gasteiger partial charge in [-0.05, 0) is 48.4 Å². The van der Waals surface area contributed by atoms with Gasteiger partial charge in [0.1, 0.15) is 72.7 Å². The normalized spacial score (nSPS) is 22.9. The number of benzene rings is 3. The maximum absolute atomic E-state index is 14.1. The van der Waals surface area contributed by atoms with E-state index >= 15 is 0 Å². The van der Waals surface area contributed by atoms with Crippen LogP contribution in [0, 0.1) is 0 Å². The van der Waals surface area contributed by atoms with E-state index in [0.717, 1.165) is 21.7 Å². The number of carbonyl (C=O) groups is 7. The molecular weight excluding hydrogens is 1280 g/mol. The number of piperazine rings is 1. The Kier molecular flexibility index (Phi) is 23.9. The summed E-state index contributed by atoms with van der Waals surface area (Å²) in [5, 5.41) is 91.1. The number of aliphatic carboxylic acids is 1. The van der Waals surface area contributed by atoms with Gasteiger partial charge in [0.05, 0.1) is 31.9 Å². The number of nitrogens with two attached hydrogens (primary N) is 1. The number of phenolic OH excluding ortho intramolecular Hbond substituents is 1. The summed E-state index contributed by atoms with van der Waals surface area (Å²) in [6.45, 7) is -2.90. The van der Waals surface area contributed by atoms with Crippen molar-refractivity contribution in [2.45, 2.75) is 86.5 Å². The van der Waals surface area contributed by atoms with Crippen LogP contribution in [0.5, 0.6) is 5.75 Å².